The zero-order valence-corrected chi connectivity index (χ0v) is 11.9. The van der Waals surface area contributed by atoms with Crippen LogP contribution >= 0.6 is 0 Å². The van der Waals surface area contributed by atoms with Crippen LogP contribution in [0.25, 0.3) is 0 Å². The van der Waals surface area contributed by atoms with Crippen LogP contribution in [0.2, 0.25) is 0 Å². The van der Waals surface area contributed by atoms with E-state index in [9.17, 15) is 4.79 Å². The van der Waals surface area contributed by atoms with Crippen molar-refractivity contribution in [1.29, 1.82) is 0 Å². The SMILES string of the molecule is CC(=O)N1CC[C@@H](C)[C@@H](c2ccc(C)c(C)c2)C1. The third-order valence-electron chi connectivity index (χ3n) is 4.36. The molecule has 0 aromatic heterocycles. The lowest BCUT2D eigenvalue weighted by Gasteiger charge is -2.37. The smallest absolute Gasteiger partial charge is 0.219 e. The van der Waals surface area contributed by atoms with Gasteiger partial charge in [-0.3, -0.25) is 4.79 Å². The topological polar surface area (TPSA) is 20.3 Å². The molecule has 1 saturated heterocycles. The van der Waals surface area contributed by atoms with Gasteiger partial charge in [-0.2, -0.15) is 0 Å². The number of hydrogen-bond donors (Lipinski definition) is 0. The van der Waals surface area contributed by atoms with E-state index in [0.717, 1.165) is 19.5 Å². The van der Waals surface area contributed by atoms with Crippen molar-refractivity contribution in [2.75, 3.05) is 13.1 Å². The molecular weight excluding hydrogens is 222 g/mol. The Hall–Kier alpha value is -1.31. The van der Waals surface area contributed by atoms with E-state index in [4.69, 9.17) is 0 Å². The molecule has 2 atom stereocenters. The van der Waals surface area contributed by atoms with Crippen LogP contribution in [-0.4, -0.2) is 23.9 Å². The van der Waals surface area contributed by atoms with Crippen LogP contribution in [0, 0.1) is 19.8 Å². The monoisotopic (exact) mass is 245 g/mol. The van der Waals surface area contributed by atoms with Crippen molar-refractivity contribution in [3.8, 4) is 0 Å². The Labute approximate surface area is 110 Å². The second kappa shape index (κ2) is 5.13. The maximum atomic E-state index is 11.5. The number of carbonyl (C=O) groups is 1. The van der Waals surface area contributed by atoms with Gasteiger partial charge in [0.15, 0.2) is 0 Å². The van der Waals surface area contributed by atoms with Gasteiger partial charge in [0.05, 0.1) is 0 Å². The molecule has 1 aromatic rings. The van der Waals surface area contributed by atoms with Crippen LogP contribution in [0.4, 0.5) is 0 Å². The quantitative estimate of drug-likeness (QED) is 0.743. The van der Waals surface area contributed by atoms with Crippen LogP contribution < -0.4 is 0 Å². The Kier molecular flexibility index (Phi) is 3.74. The molecular formula is C16H23NO. The minimum absolute atomic E-state index is 0.204. The summed E-state index contributed by atoms with van der Waals surface area (Å²) < 4.78 is 0. The number of nitrogens with zero attached hydrogens (tertiary/aromatic N) is 1. The van der Waals surface area contributed by atoms with Crippen molar-refractivity contribution in [1.82, 2.24) is 4.90 Å². The highest BCUT2D eigenvalue weighted by molar-refractivity contribution is 5.73. The molecule has 0 saturated carbocycles. The number of rotatable bonds is 1. The van der Waals surface area contributed by atoms with Gasteiger partial charge in [0.2, 0.25) is 5.91 Å². The standard InChI is InChI=1S/C16H23NO/c1-11-5-6-15(9-13(11)3)16-10-17(14(4)18)8-7-12(16)2/h5-6,9,12,16H,7-8,10H2,1-4H3/t12-,16+/m1/s1. The summed E-state index contributed by atoms with van der Waals surface area (Å²) in [7, 11) is 0. The highest BCUT2D eigenvalue weighted by Gasteiger charge is 2.28. The Bertz CT molecular complexity index is 452. The van der Waals surface area contributed by atoms with Crippen molar-refractivity contribution >= 4 is 5.91 Å². The third-order valence-corrected chi connectivity index (χ3v) is 4.36. The maximum absolute atomic E-state index is 11.5. The molecule has 98 valence electrons. The van der Waals surface area contributed by atoms with Gasteiger partial charge in [-0.15, -0.1) is 0 Å². The molecule has 0 aliphatic carbocycles. The number of aryl methyl sites for hydroxylation is 2. The third kappa shape index (κ3) is 2.58. The molecule has 1 heterocycles. The number of benzene rings is 1. The molecule has 1 aromatic carbocycles. The minimum atomic E-state index is 0.204. The zero-order chi connectivity index (χ0) is 13.3. The van der Waals surface area contributed by atoms with E-state index in [-0.39, 0.29) is 5.91 Å². The first-order chi connectivity index (χ1) is 8.49. The highest BCUT2D eigenvalue weighted by atomic mass is 16.2. The molecule has 2 rings (SSSR count). The molecule has 18 heavy (non-hydrogen) atoms. The fraction of sp³-hybridized carbons (Fsp3) is 0.562. The van der Waals surface area contributed by atoms with Crippen molar-refractivity contribution < 1.29 is 4.79 Å². The Morgan fingerprint density at radius 3 is 2.61 bits per heavy atom. The number of carbonyl (C=O) groups excluding carboxylic acids is 1. The van der Waals surface area contributed by atoms with E-state index in [0.29, 0.717) is 11.8 Å². The summed E-state index contributed by atoms with van der Waals surface area (Å²) >= 11 is 0. The van der Waals surface area contributed by atoms with E-state index in [2.05, 4.69) is 39.0 Å². The molecule has 0 unspecified atom stereocenters. The summed E-state index contributed by atoms with van der Waals surface area (Å²) in [5.41, 5.74) is 4.07. The Balaban J connectivity index is 2.24. The maximum Gasteiger partial charge on any atom is 0.219 e. The molecule has 1 aliphatic rings. The van der Waals surface area contributed by atoms with Crippen molar-refractivity contribution in [2.45, 2.75) is 40.0 Å². The zero-order valence-electron chi connectivity index (χ0n) is 11.9. The second-order valence-electron chi connectivity index (χ2n) is 5.68. The van der Waals surface area contributed by atoms with Gasteiger partial charge >= 0.3 is 0 Å². The lowest BCUT2D eigenvalue weighted by molar-refractivity contribution is -0.130. The first-order valence-corrected chi connectivity index (χ1v) is 6.81. The molecule has 0 bridgehead atoms. The average molecular weight is 245 g/mol. The summed E-state index contributed by atoms with van der Waals surface area (Å²) in [4.78, 5) is 13.5. The van der Waals surface area contributed by atoms with Gasteiger partial charge in [-0.05, 0) is 42.9 Å². The van der Waals surface area contributed by atoms with Crippen LogP contribution in [0.5, 0.6) is 0 Å². The molecule has 1 aliphatic heterocycles. The van der Waals surface area contributed by atoms with Gasteiger partial charge in [0.25, 0.3) is 0 Å². The summed E-state index contributed by atoms with van der Waals surface area (Å²) in [6.07, 6.45) is 1.11. The highest BCUT2D eigenvalue weighted by Crippen LogP contribution is 2.32. The van der Waals surface area contributed by atoms with Gasteiger partial charge in [0, 0.05) is 25.9 Å². The number of likely N-dealkylation sites (tertiary alicyclic amines) is 1. The van der Waals surface area contributed by atoms with E-state index in [1.54, 1.807) is 6.92 Å². The molecule has 2 nitrogen and oxygen atoms in total. The predicted molar refractivity (Wildman–Crippen MR) is 74.7 cm³/mol. The minimum Gasteiger partial charge on any atom is -0.342 e. The number of amides is 1. The summed E-state index contributed by atoms with van der Waals surface area (Å²) in [5.74, 6) is 1.35. The van der Waals surface area contributed by atoms with Gasteiger partial charge in [0.1, 0.15) is 0 Å². The first-order valence-electron chi connectivity index (χ1n) is 6.81. The summed E-state index contributed by atoms with van der Waals surface area (Å²) in [5, 5.41) is 0. The van der Waals surface area contributed by atoms with E-state index >= 15 is 0 Å². The molecule has 0 spiro atoms. The normalized spacial score (nSPS) is 24.1. The fourth-order valence-electron chi connectivity index (χ4n) is 2.78. The predicted octanol–water partition coefficient (Wildman–Crippen LogP) is 3.28. The van der Waals surface area contributed by atoms with Gasteiger partial charge < -0.3 is 4.90 Å². The van der Waals surface area contributed by atoms with Crippen LogP contribution in [0.3, 0.4) is 0 Å². The van der Waals surface area contributed by atoms with Crippen LogP contribution in [0.15, 0.2) is 18.2 Å². The van der Waals surface area contributed by atoms with Gasteiger partial charge in [-0.25, -0.2) is 0 Å². The van der Waals surface area contributed by atoms with Crippen LogP contribution in [0.1, 0.15) is 42.9 Å². The van der Waals surface area contributed by atoms with E-state index < -0.39 is 0 Å². The molecule has 1 amide bonds. The first kappa shape index (κ1) is 13.1. The lowest BCUT2D eigenvalue weighted by Crippen LogP contribution is -2.41. The van der Waals surface area contributed by atoms with Crippen molar-refractivity contribution in [3.63, 3.8) is 0 Å². The fourth-order valence-corrected chi connectivity index (χ4v) is 2.78. The Morgan fingerprint density at radius 1 is 1.28 bits per heavy atom. The van der Waals surface area contributed by atoms with Gasteiger partial charge in [-0.1, -0.05) is 25.1 Å². The Morgan fingerprint density at radius 2 is 2.00 bits per heavy atom. The van der Waals surface area contributed by atoms with Crippen molar-refractivity contribution in [2.24, 2.45) is 5.92 Å². The summed E-state index contributed by atoms with van der Waals surface area (Å²) in [6.45, 7) is 10.1. The number of hydrogen-bond acceptors (Lipinski definition) is 1. The molecule has 1 fully saturated rings. The lowest BCUT2D eigenvalue weighted by atomic mass is 9.81. The molecule has 2 heteroatoms. The second-order valence-corrected chi connectivity index (χ2v) is 5.68. The summed E-state index contributed by atoms with van der Waals surface area (Å²) in [6, 6.07) is 6.72. The largest absolute Gasteiger partial charge is 0.342 e. The average Bonchev–Trinajstić information content (AvgIpc) is 2.33. The van der Waals surface area contributed by atoms with Crippen LogP contribution in [-0.2, 0) is 4.79 Å². The number of piperidine rings is 1. The van der Waals surface area contributed by atoms with E-state index in [1.165, 1.54) is 16.7 Å². The molecule has 0 N–H and O–H groups in total. The van der Waals surface area contributed by atoms with Crippen molar-refractivity contribution in [3.05, 3.63) is 34.9 Å². The van der Waals surface area contributed by atoms with E-state index in [1.807, 2.05) is 4.90 Å². The molecule has 0 radical (unpaired) electrons.